The van der Waals surface area contributed by atoms with Gasteiger partial charge in [0, 0.05) is 13.0 Å². The standard InChI is InChI=1S/C9H13N3O2S/c1-2-3-4-5-6-12-15(13,14)9-7-10-8-11-9/h1,7-8,12H,3-6H2,(H,10,11). The summed E-state index contributed by atoms with van der Waals surface area (Å²) in [5.41, 5.74) is 0. The molecule has 0 aliphatic rings. The lowest BCUT2D eigenvalue weighted by Gasteiger charge is -2.02. The van der Waals surface area contributed by atoms with Crippen molar-refractivity contribution >= 4 is 10.0 Å². The van der Waals surface area contributed by atoms with Gasteiger partial charge < -0.3 is 4.98 Å². The highest BCUT2D eigenvalue weighted by molar-refractivity contribution is 7.89. The van der Waals surface area contributed by atoms with Crippen molar-refractivity contribution in [1.29, 1.82) is 0 Å². The van der Waals surface area contributed by atoms with Gasteiger partial charge in [-0.15, -0.1) is 12.3 Å². The molecule has 1 heterocycles. The van der Waals surface area contributed by atoms with E-state index in [1.807, 2.05) is 0 Å². The number of nitrogens with zero attached hydrogens (tertiary/aromatic N) is 1. The monoisotopic (exact) mass is 227 g/mol. The summed E-state index contributed by atoms with van der Waals surface area (Å²) in [7, 11) is -3.42. The molecule has 0 aliphatic carbocycles. The van der Waals surface area contributed by atoms with E-state index < -0.39 is 10.0 Å². The maximum Gasteiger partial charge on any atom is 0.257 e. The van der Waals surface area contributed by atoms with E-state index in [4.69, 9.17) is 6.42 Å². The Morgan fingerprint density at radius 1 is 1.53 bits per heavy atom. The fourth-order valence-corrected chi connectivity index (χ4v) is 2.00. The second-order valence-electron chi connectivity index (χ2n) is 2.97. The first kappa shape index (κ1) is 11.8. The predicted molar refractivity (Wildman–Crippen MR) is 56.5 cm³/mol. The van der Waals surface area contributed by atoms with Gasteiger partial charge in [-0.2, -0.15) is 0 Å². The molecule has 1 aromatic heterocycles. The highest BCUT2D eigenvalue weighted by Crippen LogP contribution is 2.02. The Labute approximate surface area is 89.4 Å². The first-order valence-corrected chi connectivity index (χ1v) is 6.06. The van der Waals surface area contributed by atoms with E-state index in [9.17, 15) is 8.42 Å². The molecule has 0 saturated heterocycles. The minimum atomic E-state index is -3.42. The summed E-state index contributed by atoms with van der Waals surface area (Å²) in [4.78, 5) is 6.18. The maximum atomic E-state index is 11.5. The van der Waals surface area contributed by atoms with Gasteiger partial charge in [-0.25, -0.2) is 18.1 Å². The molecule has 0 radical (unpaired) electrons. The molecule has 82 valence electrons. The largest absolute Gasteiger partial charge is 0.335 e. The highest BCUT2D eigenvalue weighted by Gasteiger charge is 2.13. The molecular formula is C9H13N3O2S. The Hall–Kier alpha value is -1.32. The second kappa shape index (κ2) is 5.53. The zero-order valence-electron chi connectivity index (χ0n) is 8.23. The number of nitrogens with one attached hydrogen (secondary N) is 2. The van der Waals surface area contributed by atoms with Gasteiger partial charge in [-0.1, -0.05) is 0 Å². The number of aromatic amines is 1. The number of hydrogen-bond acceptors (Lipinski definition) is 3. The average molecular weight is 227 g/mol. The van der Waals surface area contributed by atoms with Crippen LogP contribution in [0.15, 0.2) is 17.6 Å². The van der Waals surface area contributed by atoms with Gasteiger partial charge in [0.2, 0.25) is 0 Å². The summed E-state index contributed by atoms with van der Waals surface area (Å²) in [5, 5.41) is 0.0828. The average Bonchev–Trinajstić information content (AvgIpc) is 2.70. The van der Waals surface area contributed by atoms with Crippen LogP contribution in [0.1, 0.15) is 19.3 Å². The molecule has 0 unspecified atom stereocenters. The molecule has 1 rings (SSSR count). The van der Waals surface area contributed by atoms with Crippen LogP contribution in [0.25, 0.3) is 0 Å². The summed E-state index contributed by atoms with van der Waals surface area (Å²) < 4.78 is 25.5. The molecule has 0 fully saturated rings. The van der Waals surface area contributed by atoms with Gasteiger partial charge in [-0.05, 0) is 12.8 Å². The second-order valence-corrected chi connectivity index (χ2v) is 4.71. The zero-order chi connectivity index (χ0) is 11.1. The van der Waals surface area contributed by atoms with Gasteiger partial charge in [0.15, 0.2) is 5.03 Å². The number of H-pyrrole nitrogens is 1. The molecule has 15 heavy (non-hydrogen) atoms. The summed E-state index contributed by atoms with van der Waals surface area (Å²) in [5.74, 6) is 2.50. The molecular weight excluding hydrogens is 214 g/mol. The van der Waals surface area contributed by atoms with Crippen LogP contribution >= 0.6 is 0 Å². The van der Waals surface area contributed by atoms with Crippen LogP contribution < -0.4 is 4.72 Å². The Morgan fingerprint density at radius 3 is 2.93 bits per heavy atom. The minimum absolute atomic E-state index is 0.0828. The van der Waals surface area contributed by atoms with Crippen LogP contribution in [0, 0.1) is 12.3 Å². The number of rotatable bonds is 6. The maximum absolute atomic E-state index is 11.5. The molecule has 0 atom stereocenters. The summed E-state index contributed by atoms with van der Waals surface area (Å²) in [6.07, 6.45) is 9.89. The van der Waals surface area contributed by atoms with E-state index in [0.717, 1.165) is 12.8 Å². The zero-order valence-corrected chi connectivity index (χ0v) is 9.05. The third kappa shape index (κ3) is 3.73. The quantitative estimate of drug-likeness (QED) is 0.548. The fraction of sp³-hybridized carbons (Fsp3) is 0.444. The van der Waals surface area contributed by atoms with Gasteiger partial charge in [-0.3, -0.25) is 0 Å². The third-order valence-corrected chi connectivity index (χ3v) is 3.19. The summed E-state index contributed by atoms with van der Waals surface area (Å²) in [6, 6.07) is 0. The summed E-state index contributed by atoms with van der Waals surface area (Å²) >= 11 is 0. The molecule has 0 aromatic carbocycles. The number of sulfonamides is 1. The van der Waals surface area contributed by atoms with Crippen molar-refractivity contribution in [3.05, 3.63) is 12.5 Å². The van der Waals surface area contributed by atoms with Crippen molar-refractivity contribution in [2.75, 3.05) is 6.54 Å². The minimum Gasteiger partial charge on any atom is -0.335 e. The molecule has 5 nitrogen and oxygen atoms in total. The van der Waals surface area contributed by atoms with Crippen LogP contribution in [0.4, 0.5) is 0 Å². The Morgan fingerprint density at radius 2 is 2.33 bits per heavy atom. The smallest absolute Gasteiger partial charge is 0.257 e. The van der Waals surface area contributed by atoms with Gasteiger partial charge >= 0.3 is 0 Å². The Balaban J connectivity index is 2.36. The van der Waals surface area contributed by atoms with Gasteiger partial charge in [0.05, 0.1) is 12.5 Å². The number of aromatic nitrogens is 2. The number of unbranched alkanes of at least 4 members (excludes halogenated alkanes) is 2. The molecule has 6 heteroatoms. The third-order valence-electron chi connectivity index (χ3n) is 1.80. The van der Waals surface area contributed by atoms with Crippen LogP contribution in [0.3, 0.4) is 0 Å². The lowest BCUT2D eigenvalue weighted by atomic mass is 10.2. The van der Waals surface area contributed by atoms with E-state index in [2.05, 4.69) is 20.6 Å². The van der Waals surface area contributed by atoms with Crippen molar-refractivity contribution in [2.45, 2.75) is 24.3 Å². The molecule has 0 bridgehead atoms. The van der Waals surface area contributed by atoms with E-state index in [1.165, 1.54) is 12.5 Å². The number of imidazole rings is 1. The van der Waals surface area contributed by atoms with Crippen LogP contribution in [-0.2, 0) is 10.0 Å². The van der Waals surface area contributed by atoms with Crippen LogP contribution in [-0.4, -0.2) is 24.9 Å². The van der Waals surface area contributed by atoms with Gasteiger partial charge in [0.25, 0.3) is 10.0 Å². The fourth-order valence-electron chi connectivity index (χ4n) is 1.03. The lowest BCUT2D eigenvalue weighted by molar-refractivity contribution is 0.574. The number of hydrogen-bond donors (Lipinski definition) is 2. The van der Waals surface area contributed by atoms with E-state index in [-0.39, 0.29) is 5.03 Å². The lowest BCUT2D eigenvalue weighted by Crippen LogP contribution is -2.25. The first-order chi connectivity index (χ1) is 7.17. The molecule has 0 spiro atoms. The van der Waals surface area contributed by atoms with Crippen molar-refractivity contribution in [3.8, 4) is 12.3 Å². The van der Waals surface area contributed by atoms with Crippen molar-refractivity contribution in [2.24, 2.45) is 0 Å². The Bertz CT molecular complexity index is 417. The predicted octanol–water partition coefficient (Wildman–Crippen LogP) is 0.491. The first-order valence-electron chi connectivity index (χ1n) is 4.58. The van der Waals surface area contributed by atoms with Crippen LogP contribution in [0.2, 0.25) is 0 Å². The molecule has 1 aromatic rings. The normalized spacial score (nSPS) is 11.1. The Kier molecular flexibility index (Phi) is 4.34. The highest BCUT2D eigenvalue weighted by atomic mass is 32.2. The SMILES string of the molecule is C#CCCCCNS(=O)(=O)c1cnc[nH]1. The molecule has 2 N–H and O–H groups in total. The molecule has 0 saturated carbocycles. The van der Waals surface area contributed by atoms with Crippen molar-refractivity contribution < 1.29 is 8.42 Å². The van der Waals surface area contributed by atoms with E-state index >= 15 is 0 Å². The molecule has 0 amide bonds. The van der Waals surface area contributed by atoms with E-state index in [0.29, 0.717) is 13.0 Å². The van der Waals surface area contributed by atoms with E-state index in [1.54, 1.807) is 0 Å². The molecule has 0 aliphatic heterocycles. The number of terminal acetylenes is 1. The van der Waals surface area contributed by atoms with Crippen molar-refractivity contribution in [3.63, 3.8) is 0 Å². The van der Waals surface area contributed by atoms with Gasteiger partial charge in [0.1, 0.15) is 0 Å². The van der Waals surface area contributed by atoms with Crippen LogP contribution in [0.5, 0.6) is 0 Å². The van der Waals surface area contributed by atoms with Crippen molar-refractivity contribution in [1.82, 2.24) is 14.7 Å². The summed E-state index contributed by atoms with van der Waals surface area (Å²) in [6.45, 7) is 0.392. The topological polar surface area (TPSA) is 74.8 Å².